The lowest BCUT2D eigenvalue weighted by Crippen LogP contribution is -2.30. The summed E-state index contributed by atoms with van der Waals surface area (Å²) in [5, 5.41) is 14.6. The molecule has 17 heavy (non-hydrogen) atoms. The van der Waals surface area contributed by atoms with Crippen molar-refractivity contribution in [3.63, 3.8) is 0 Å². The SMILES string of the molecule is COc1cc(C)c(Cl)c(C)c1C1(O)CCNC1. The number of halogens is 1. The predicted octanol–water partition coefficient (Wildman–Crippen LogP) is 2.15. The van der Waals surface area contributed by atoms with Gasteiger partial charge in [0.1, 0.15) is 11.4 Å². The van der Waals surface area contributed by atoms with Crippen LogP contribution in [0.5, 0.6) is 5.75 Å². The summed E-state index contributed by atoms with van der Waals surface area (Å²) in [5.74, 6) is 0.718. The number of β-amino-alcohol motifs (C(OH)–C–C–N with tert-alkyl or cyclic N) is 1. The Morgan fingerprint density at radius 3 is 2.71 bits per heavy atom. The Balaban J connectivity index is 2.62. The van der Waals surface area contributed by atoms with E-state index in [4.69, 9.17) is 16.3 Å². The van der Waals surface area contributed by atoms with Crippen LogP contribution in [0, 0.1) is 13.8 Å². The predicted molar refractivity (Wildman–Crippen MR) is 68.9 cm³/mol. The summed E-state index contributed by atoms with van der Waals surface area (Å²) >= 11 is 6.27. The Bertz CT molecular complexity index is 440. The van der Waals surface area contributed by atoms with E-state index in [-0.39, 0.29) is 0 Å². The molecule has 0 radical (unpaired) electrons. The third-order valence-corrected chi connectivity index (χ3v) is 4.04. The highest BCUT2D eigenvalue weighted by molar-refractivity contribution is 6.32. The molecule has 0 bridgehead atoms. The fraction of sp³-hybridized carbons (Fsp3) is 0.538. The summed E-state index contributed by atoms with van der Waals surface area (Å²) in [6.07, 6.45) is 0.684. The van der Waals surface area contributed by atoms with Crippen LogP contribution in [0.25, 0.3) is 0 Å². The molecule has 0 aromatic heterocycles. The number of benzene rings is 1. The highest BCUT2D eigenvalue weighted by atomic mass is 35.5. The van der Waals surface area contributed by atoms with Gasteiger partial charge < -0.3 is 15.2 Å². The van der Waals surface area contributed by atoms with E-state index in [2.05, 4.69) is 5.32 Å². The third kappa shape index (κ3) is 2.03. The zero-order valence-corrected chi connectivity index (χ0v) is 11.2. The molecule has 0 aliphatic carbocycles. The van der Waals surface area contributed by atoms with Crippen LogP contribution >= 0.6 is 11.6 Å². The maximum atomic E-state index is 10.7. The van der Waals surface area contributed by atoms with E-state index in [9.17, 15) is 5.11 Å². The Hall–Kier alpha value is -0.770. The average Bonchev–Trinajstić information content (AvgIpc) is 2.72. The van der Waals surface area contributed by atoms with E-state index in [1.807, 2.05) is 19.9 Å². The Kier molecular flexibility index (Phi) is 3.34. The van der Waals surface area contributed by atoms with Gasteiger partial charge in [0.25, 0.3) is 0 Å². The molecule has 1 saturated heterocycles. The molecule has 1 aliphatic heterocycles. The molecule has 1 unspecified atom stereocenters. The fourth-order valence-corrected chi connectivity index (χ4v) is 2.70. The van der Waals surface area contributed by atoms with E-state index >= 15 is 0 Å². The van der Waals surface area contributed by atoms with Crippen LogP contribution in [0.2, 0.25) is 5.02 Å². The van der Waals surface area contributed by atoms with Crippen LogP contribution in [0.3, 0.4) is 0 Å². The molecule has 0 amide bonds. The summed E-state index contributed by atoms with van der Waals surface area (Å²) in [5.41, 5.74) is 1.84. The highest BCUT2D eigenvalue weighted by Gasteiger charge is 2.37. The molecular formula is C13H18ClNO2. The van der Waals surface area contributed by atoms with Crippen LogP contribution in [0.4, 0.5) is 0 Å². The number of rotatable bonds is 2. The summed E-state index contributed by atoms with van der Waals surface area (Å²) in [6.45, 7) is 5.23. The summed E-state index contributed by atoms with van der Waals surface area (Å²) in [6, 6.07) is 1.89. The quantitative estimate of drug-likeness (QED) is 0.851. The van der Waals surface area contributed by atoms with E-state index in [1.54, 1.807) is 7.11 Å². The van der Waals surface area contributed by atoms with E-state index < -0.39 is 5.60 Å². The van der Waals surface area contributed by atoms with Crippen LogP contribution in [-0.2, 0) is 5.60 Å². The van der Waals surface area contributed by atoms with Crippen molar-refractivity contribution >= 4 is 11.6 Å². The second-order valence-electron chi connectivity index (χ2n) is 4.67. The van der Waals surface area contributed by atoms with Crippen LogP contribution < -0.4 is 10.1 Å². The lowest BCUT2D eigenvalue weighted by atomic mass is 9.87. The Morgan fingerprint density at radius 2 is 2.18 bits per heavy atom. The van der Waals surface area contributed by atoms with Crippen molar-refractivity contribution < 1.29 is 9.84 Å². The number of methoxy groups -OCH3 is 1. The molecule has 1 fully saturated rings. The van der Waals surface area contributed by atoms with Crippen molar-refractivity contribution in [3.05, 3.63) is 27.8 Å². The minimum Gasteiger partial charge on any atom is -0.496 e. The van der Waals surface area contributed by atoms with E-state index in [0.29, 0.717) is 18.0 Å². The number of nitrogens with one attached hydrogen (secondary N) is 1. The van der Waals surface area contributed by atoms with Crippen LogP contribution in [0.15, 0.2) is 6.07 Å². The van der Waals surface area contributed by atoms with Crippen molar-refractivity contribution in [2.75, 3.05) is 20.2 Å². The maximum Gasteiger partial charge on any atom is 0.125 e. The molecule has 1 aliphatic rings. The second kappa shape index (κ2) is 4.48. The molecular weight excluding hydrogens is 238 g/mol. The Morgan fingerprint density at radius 1 is 1.47 bits per heavy atom. The van der Waals surface area contributed by atoms with E-state index in [1.165, 1.54) is 0 Å². The largest absolute Gasteiger partial charge is 0.496 e. The summed E-state index contributed by atoms with van der Waals surface area (Å²) in [4.78, 5) is 0. The topological polar surface area (TPSA) is 41.5 Å². The summed E-state index contributed by atoms with van der Waals surface area (Å²) in [7, 11) is 1.62. The number of ether oxygens (including phenoxy) is 1. The lowest BCUT2D eigenvalue weighted by molar-refractivity contribution is 0.0554. The minimum absolute atomic E-state index is 0.545. The van der Waals surface area contributed by atoms with Gasteiger partial charge in [-0.3, -0.25) is 0 Å². The fourth-order valence-electron chi connectivity index (χ4n) is 2.55. The van der Waals surface area contributed by atoms with Gasteiger partial charge in [0.15, 0.2) is 0 Å². The first kappa shape index (κ1) is 12.7. The minimum atomic E-state index is -0.868. The van der Waals surface area contributed by atoms with Crippen LogP contribution in [-0.4, -0.2) is 25.3 Å². The third-order valence-electron chi connectivity index (χ3n) is 3.46. The molecule has 1 aromatic carbocycles. The maximum absolute atomic E-state index is 10.7. The van der Waals surface area contributed by atoms with Gasteiger partial charge in [0.2, 0.25) is 0 Å². The average molecular weight is 256 g/mol. The normalized spacial score (nSPS) is 24.1. The smallest absolute Gasteiger partial charge is 0.125 e. The molecule has 94 valence electrons. The van der Waals surface area contributed by atoms with Gasteiger partial charge in [-0.2, -0.15) is 0 Å². The van der Waals surface area contributed by atoms with Gasteiger partial charge >= 0.3 is 0 Å². The highest BCUT2D eigenvalue weighted by Crippen LogP contribution is 2.40. The first-order chi connectivity index (χ1) is 7.99. The van der Waals surface area contributed by atoms with Gasteiger partial charge in [0.05, 0.1) is 7.11 Å². The number of hydrogen-bond acceptors (Lipinski definition) is 3. The van der Waals surface area contributed by atoms with Gasteiger partial charge in [-0.05, 0) is 44.0 Å². The lowest BCUT2D eigenvalue weighted by Gasteiger charge is -2.27. The molecule has 2 rings (SSSR count). The van der Waals surface area contributed by atoms with Crippen molar-refractivity contribution in [1.82, 2.24) is 5.32 Å². The number of aliphatic hydroxyl groups is 1. The zero-order valence-electron chi connectivity index (χ0n) is 10.4. The van der Waals surface area contributed by atoms with E-state index in [0.717, 1.165) is 29.0 Å². The molecule has 2 N–H and O–H groups in total. The van der Waals surface area contributed by atoms with Gasteiger partial charge in [0, 0.05) is 17.1 Å². The molecule has 4 heteroatoms. The van der Waals surface area contributed by atoms with Gasteiger partial charge in [-0.25, -0.2) is 0 Å². The van der Waals surface area contributed by atoms with Gasteiger partial charge in [-0.15, -0.1) is 0 Å². The van der Waals surface area contributed by atoms with Gasteiger partial charge in [-0.1, -0.05) is 11.6 Å². The molecule has 1 aromatic rings. The van der Waals surface area contributed by atoms with Crippen molar-refractivity contribution in [2.45, 2.75) is 25.9 Å². The zero-order chi connectivity index (χ0) is 12.6. The second-order valence-corrected chi connectivity index (χ2v) is 5.05. The first-order valence-electron chi connectivity index (χ1n) is 5.77. The Labute approximate surface area is 107 Å². The standard InChI is InChI=1S/C13H18ClNO2/c1-8-6-10(17-3)11(9(2)12(8)14)13(16)4-5-15-7-13/h6,15-16H,4-5,7H2,1-3H3. The molecule has 3 nitrogen and oxygen atoms in total. The molecule has 1 atom stereocenters. The van der Waals surface area contributed by atoms with Crippen LogP contribution in [0.1, 0.15) is 23.1 Å². The van der Waals surface area contributed by atoms with Crippen molar-refractivity contribution in [3.8, 4) is 5.75 Å². The first-order valence-corrected chi connectivity index (χ1v) is 6.14. The number of aryl methyl sites for hydroxylation is 1. The summed E-state index contributed by atoms with van der Waals surface area (Å²) < 4.78 is 5.39. The number of hydrogen-bond donors (Lipinski definition) is 2. The van der Waals surface area contributed by atoms with Crippen molar-refractivity contribution in [2.24, 2.45) is 0 Å². The molecule has 1 heterocycles. The molecule has 0 spiro atoms. The monoisotopic (exact) mass is 255 g/mol. The molecule has 0 saturated carbocycles. The van der Waals surface area contributed by atoms with Crippen molar-refractivity contribution in [1.29, 1.82) is 0 Å².